The van der Waals surface area contributed by atoms with Crippen LogP contribution in [0.25, 0.3) is 0 Å². The lowest BCUT2D eigenvalue weighted by Crippen LogP contribution is -2.54. The zero-order valence-corrected chi connectivity index (χ0v) is 14.0. The summed E-state index contributed by atoms with van der Waals surface area (Å²) in [6.45, 7) is 9.08. The maximum absolute atomic E-state index is 12.5. The molecule has 4 aliphatic rings. The van der Waals surface area contributed by atoms with Crippen LogP contribution in [0.4, 0.5) is 0 Å². The molecule has 0 unspecified atom stereocenters. The summed E-state index contributed by atoms with van der Waals surface area (Å²) in [6.07, 6.45) is 7.71. The molecule has 0 aromatic carbocycles. The Morgan fingerprint density at radius 1 is 1.09 bits per heavy atom. The molecule has 120 valence electrons. The van der Waals surface area contributed by atoms with Gasteiger partial charge in [-0.3, -0.25) is 9.59 Å². The van der Waals surface area contributed by atoms with Crippen molar-refractivity contribution in [3.05, 3.63) is 12.2 Å². The van der Waals surface area contributed by atoms with Gasteiger partial charge in [0, 0.05) is 24.7 Å². The van der Waals surface area contributed by atoms with Crippen LogP contribution in [0.15, 0.2) is 12.2 Å². The second-order valence-corrected chi connectivity index (χ2v) is 8.99. The van der Waals surface area contributed by atoms with Crippen LogP contribution in [0.2, 0.25) is 0 Å². The third-order valence-corrected chi connectivity index (χ3v) is 8.03. The van der Waals surface area contributed by atoms with Gasteiger partial charge in [0.25, 0.3) is 0 Å². The average Bonchev–Trinajstić information content (AvgIpc) is 2.75. The standard InChI is InChI=1S/C20H28O2/c1-12-11-20(3)16(6-7-17(20)22)15-5-4-13-10-14(21)8-9-19(13,2)18(12)15/h13,15-16,18H,1,4-11H2,2-3H3/t13-,15-,16-,18-,19-,20-/m0/s1. The van der Waals surface area contributed by atoms with E-state index >= 15 is 0 Å². The van der Waals surface area contributed by atoms with Gasteiger partial charge in [-0.05, 0) is 61.2 Å². The zero-order valence-electron chi connectivity index (χ0n) is 14.0. The maximum Gasteiger partial charge on any atom is 0.139 e. The summed E-state index contributed by atoms with van der Waals surface area (Å²) >= 11 is 0. The Hall–Kier alpha value is -0.920. The number of rotatable bonds is 0. The van der Waals surface area contributed by atoms with Crippen LogP contribution in [0, 0.1) is 34.5 Å². The van der Waals surface area contributed by atoms with Crippen molar-refractivity contribution >= 4 is 11.6 Å². The third kappa shape index (κ3) is 1.73. The highest BCUT2D eigenvalue weighted by atomic mass is 16.1. The lowest BCUT2D eigenvalue weighted by Gasteiger charge is -2.60. The Balaban J connectivity index is 1.72. The number of carbonyl (C=O) groups excluding carboxylic acids is 2. The SMILES string of the molecule is C=C1C[C@]2(C)C(=O)CC[C@H]2[C@@H]2CC[C@H]3CC(=O)CC[C@]3(C)[C@@H]12. The van der Waals surface area contributed by atoms with Crippen molar-refractivity contribution < 1.29 is 9.59 Å². The third-order valence-electron chi connectivity index (χ3n) is 8.03. The Labute approximate surface area is 133 Å². The molecular formula is C20H28O2. The fourth-order valence-corrected chi connectivity index (χ4v) is 6.91. The van der Waals surface area contributed by atoms with Crippen LogP contribution in [0.5, 0.6) is 0 Å². The van der Waals surface area contributed by atoms with E-state index in [1.807, 2.05) is 0 Å². The van der Waals surface area contributed by atoms with Gasteiger partial charge in [0.2, 0.25) is 0 Å². The van der Waals surface area contributed by atoms with E-state index < -0.39 is 0 Å². The molecule has 0 bridgehead atoms. The highest BCUT2D eigenvalue weighted by molar-refractivity contribution is 5.87. The number of hydrogen-bond acceptors (Lipinski definition) is 2. The average molecular weight is 300 g/mol. The summed E-state index contributed by atoms with van der Waals surface area (Å²) < 4.78 is 0. The molecule has 4 saturated carbocycles. The van der Waals surface area contributed by atoms with Crippen LogP contribution in [0.3, 0.4) is 0 Å². The molecule has 22 heavy (non-hydrogen) atoms. The van der Waals surface area contributed by atoms with E-state index in [0.29, 0.717) is 35.2 Å². The molecule has 0 heterocycles. The highest BCUT2D eigenvalue weighted by Gasteiger charge is 2.61. The van der Waals surface area contributed by atoms with E-state index in [0.717, 1.165) is 38.5 Å². The summed E-state index contributed by atoms with van der Waals surface area (Å²) in [5.41, 5.74) is 1.44. The minimum absolute atomic E-state index is 0.133. The predicted molar refractivity (Wildman–Crippen MR) is 86.3 cm³/mol. The molecule has 2 nitrogen and oxygen atoms in total. The van der Waals surface area contributed by atoms with Gasteiger partial charge < -0.3 is 0 Å². The molecule has 4 fully saturated rings. The molecule has 4 aliphatic carbocycles. The first kappa shape index (κ1) is 14.7. The zero-order chi connectivity index (χ0) is 15.7. The smallest absolute Gasteiger partial charge is 0.139 e. The predicted octanol–water partition coefficient (Wildman–Crippen LogP) is 4.33. The van der Waals surface area contributed by atoms with Crippen LogP contribution in [-0.4, -0.2) is 11.6 Å². The lowest BCUT2D eigenvalue weighted by atomic mass is 9.44. The van der Waals surface area contributed by atoms with Crippen molar-refractivity contribution in [2.75, 3.05) is 0 Å². The van der Waals surface area contributed by atoms with Crippen LogP contribution < -0.4 is 0 Å². The molecule has 0 amide bonds. The second-order valence-electron chi connectivity index (χ2n) is 8.99. The Bertz CT molecular complexity index is 562. The van der Waals surface area contributed by atoms with Gasteiger partial charge in [-0.2, -0.15) is 0 Å². The van der Waals surface area contributed by atoms with Crippen molar-refractivity contribution in [2.24, 2.45) is 34.5 Å². The van der Waals surface area contributed by atoms with E-state index in [1.54, 1.807) is 0 Å². The molecule has 0 saturated heterocycles. The molecule has 0 radical (unpaired) electrons. The van der Waals surface area contributed by atoms with E-state index in [1.165, 1.54) is 18.4 Å². The van der Waals surface area contributed by atoms with Gasteiger partial charge >= 0.3 is 0 Å². The Morgan fingerprint density at radius 2 is 1.86 bits per heavy atom. The molecule has 2 heteroatoms. The van der Waals surface area contributed by atoms with E-state index in [2.05, 4.69) is 20.4 Å². The van der Waals surface area contributed by atoms with Gasteiger partial charge in [0.1, 0.15) is 11.6 Å². The molecule has 6 atom stereocenters. The Kier molecular flexibility index (Phi) is 3.03. The number of fused-ring (bicyclic) bond motifs is 5. The first-order chi connectivity index (χ1) is 10.4. The van der Waals surface area contributed by atoms with Crippen LogP contribution >= 0.6 is 0 Å². The van der Waals surface area contributed by atoms with E-state index in [4.69, 9.17) is 0 Å². The van der Waals surface area contributed by atoms with Crippen LogP contribution in [0.1, 0.15) is 65.2 Å². The minimum Gasteiger partial charge on any atom is -0.300 e. The van der Waals surface area contributed by atoms with Crippen molar-refractivity contribution in [3.8, 4) is 0 Å². The van der Waals surface area contributed by atoms with Crippen LogP contribution in [-0.2, 0) is 9.59 Å². The van der Waals surface area contributed by atoms with Crippen molar-refractivity contribution in [2.45, 2.75) is 65.2 Å². The van der Waals surface area contributed by atoms with Gasteiger partial charge in [-0.15, -0.1) is 0 Å². The summed E-state index contributed by atoms with van der Waals surface area (Å²) in [4.78, 5) is 24.4. The molecule has 0 aromatic rings. The molecule has 0 aromatic heterocycles. The molecule has 0 spiro atoms. The summed E-state index contributed by atoms with van der Waals surface area (Å²) in [5.74, 6) is 3.22. The van der Waals surface area contributed by atoms with Gasteiger partial charge in [-0.25, -0.2) is 0 Å². The fraction of sp³-hybridized carbons (Fsp3) is 0.800. The van der Waals surface area contributed by atoms with Crippen molar-refractivity contribution in [3.63, 3.8) is 0 Å². The largest absolute Gasteiger partial charge is 0.300 e. The molecule has 0 aliphatic heterocycles. The first-order valence-electron chi connectivity index (χ1n) is 9.09. The minimum atomic E-state index is -0.133. The normalized spacial score (nSPS) is 51.3. The molecule has 4 rings (SSSR count). The second kappa shape index (κ2) is 4.55. The van der Waals surface area contributed by atoms with Gasteiger partial charge in [0.15, 0.2) is 0 Å². The monoisotopic (exact) mass is 300 g/mol. The molecule has 0 N–H and O–H groups in total. The summed E-state index contributed by atoms with van der Waals surface area (Å²) in [7, 11) is 0. The number of Topliss-reactive ketones (excluding diaryl/α,β-unsaturated/α-hetero) is 2. The first-order valence-corrected chi connectivity index (χ1v) is 9.09. The molecular weight excluding hydrogens is 272 g/mol. The van der Waals surface area contributed by atoms with Gasteiger partial charge in [0.05, 0.1) is 0 Å². The topological polar surface area (TPSA) is 34.1 Å². The van der Waals surface area contributed by atoms with Gasteiger partial charge in [-0.1, -0.05) is 26.0 Å². The number of hydrogen-bond donors (Lipinski definition) is 0. The fourth-order valence-electron chi connectivity index (χ4n) is 6.91. The highest BCUT2D eigenvalue weighted by Crippen LogP contribution is 2.66. The van der Waals surface area contributed by atoms with Crippen molar-refractivity contribution in [1.29, 1.82) is 0 Å². The number of ketones is 2. The van der Waals surface area contributed by atoms with E-state index in [-0.39, 0.29) is 10.8 Å². The quantitative estimate of drug-likeness (QED) is 0.624. The van der Waals surface area contributed by atoms with Crippen molar-refractivity contribution in [1.82, 2.24) is 0 Å². The summed E-state index contributed by atoms with van der Waals surface area (Å²) in [6, 6.07) is 0. The Morgan fingerprint density at radius 3 is 2.64 bits per heavy atom. The lowest BCUT2D eigenvalue weighted by molar-refractivity contribution is -0.137. The summed E-state index contributed by atoms with van der Waals surface area (Å²) in [5, 5.41) is 0. The van der Waals surface area contributed by atoms with E-state index in [9.17, 15) is 9.59 Å². The maximum atomic E-state index is 12.5. The number of carbonyl (C=O) groups is 2. The number of allylic oxidation sites excluding steroid dienone is 1.